The molecule has 1 atom stereocenters. The van der Waals surface area contributed by atoms with Crippen LogP contribution >= 0.6 is 0 Å². The fraction of sp³-hybridized carbons (Fsp3) is 0.652. The minimum atomic E-state index is -0.0924. The van der Waals surface area contributed by atoms with Crippen molar-refractivity contribution in [3.63, 3.8) is 0 Å². The standard InChI is InChI=1S/C23H30N2O2/c26-21(6-5-19-10-18-3-1-2-4-20(18)25-22(19)27)24-14-23-11-15-7-16(12-23)9-17(8-15)13-23/h1-4,15-17,19H,5-14H2,(H,24,26)(H,25,27). The second-order valence-electron chi connectivity index (χ2n) is 9.78. The number of hydrogen-bond donors (Lipinski definition) is 2. The van der Waals surface area contributed by atoms with Gasteiger partial charge in [0.15, 0.2) is 0 Å². The Labute approximate surface area is 161 Å². The largest absolute Gasteiger partial charge is 0.356 e. The summed E-state index contributed by atoms with van der Waals surface area (Å²) in [4.78, 5) is 24.8. The third-order valence-electron chi connectivity index (χ3n) is 7.66. The van der Waals surface area contributed by atoms with Crippen molar-refractivity contribution in [1.82, 2.24) is 5.32 Å². The van der Waals surface area contributed by atoms with Crippen LogP contribution in [0.25, 0.3) is 0 Å². The summed E-state index contributed by atoms with van der Waals surface area (Å²) in [7, 11) is 0. The van der Waals surface area contributed by atoms with Gasteiger partial charge in [0.25, 0.3) is 0 Å². The van der Waals surface area contributed by atoms with Gasteiger partial charge in [-0.05, 0) is 86.2 Å². The molecule has 4 nitrogen and oxygen atoms in total. The number of nitrogens with one attached hydrogen (secondary N) is 2. The summed E-state index contributed by atoms with van der Waals surface area (Å²) >= 11 is 0. The number of amides is 2. The summed E-state index contributed by atoms with van der Waals surface area (Å²) in [5.74, 6) is 2.84. The van der Waals surface area contributed by atoms with Crippen LogP contribution in [0.15, 0.2) is 24.3 Å². The first kappa shape index (κ1) is 17.3. The van der Waals surface area contributed by atoms with Gasteiger partial charge in [-0.1, -0.05) is 18.2 Å². The average molecular weight is 367 g/mol. The summed E-state index contributed by atoms with van der Waals surface area (Å²) < 4.78 is 0. The minimum Gasteiger partial charge on any atom is -0.356 e. The number of anilines is 1. The number of benzene rings is 1. The Bertz CT molecular complexity index is 721. The Balaban J connectivity index is 1.13. The van der Waals surface area contributed by atoms with Crippen LogP contribution in [0.1, 0.15) is 56.9 Å². The van der Waals surface area contributed by atoms with Gasteiger partial charge in [-0.25, -0.2) is 0 Å². The molecule has 0 aromatic heterocycles. The first-order valence-corrected chi connectivity index (χ1v) is 10.7. The first-order chi connectivity index (χ1) is 13.1. The predicted octanol–water partition coefficient (Wildman–Crippen LogP) is 3.91. The number of carbonyl (C=O) groups excluding carboxylic acids is 2. The maximum atomic E-state index is 12.5. The van der Waals surface area contributed by atoms with E-state index < -0.39 is 0 Å². The lowest BCUT2D eigenvalue weighted by molar-refractivity contribution is -0.124. The molecule has 0 saturated heterocycles. The van der Waals surface area contributed by atoms with Gasteiger partial charge in [-0.2, -0.15) is 0 Å². The molecule has 0 spiro atoms. The Morgan fingerprint density at radius 1 is 1.07 bits per heavy atom. The highest BCUT2D eigenvalue weighted by Crippen LogP contribution is 2.59. The normalized spacial score (nSPS) is 36.2. The zero-order valence-corrected chi connectivity index (χ0v) is 16.0. The van der Waals surface area contributed by atoms with Gasteiger partial charge in [-0.15, -0.1) is 0 Å². The van der Waals surface area contributed by atoms with Crippen LogP contribution in [-0.2, 0) is 16.0 Å². The van der Waals surface area contributed by atoms with E-state index >= 15 is 0 Å². The van der Waals surface area contributed by atoms with Gasteiger partial charge in [0.1, 0.15) is 0 Å². The molecule has 4 aliphatic carbocycles. The Kier molecular flexibility index (Phi) is 4.25. The molecule has 4 saturated carbocycles. The first-order valence-electron chi connectivity index (χ1n) is 10.7. The molecular weight excluding hydrogens is 336 g/mol. The molecule has 4 fully saturated rings. The molecule has 1 unspecified atom stereocenters. The molecule has 5 aliphatic rings. The lowest BCUT2D eigenvalue weighted by Crippen LogP contribution is -2.51. The highest BCUT2D eigenvalue weighted by atomic mass is 16.2. The maximum absolute atomic E-state index is 12.5. The topological polar surface area (TPSA) is 58.2 Å². The Morgan fingerprint density at radius 2 is 1.74 bits per heavy atom. The smallest absolute Gasteiger partial charge is 0.227 e. The van der Waals surface area contributed by atoms with E-state index in [-0.39, 0.29) is 17.7 Å². The second kappa shape index (κ2) is 6.65. The van der Waals surface area contributed by atoms with E-state index in [4.69, 9.17) is 0 Å². The maximum Gasteiger partial charge on any atom is 0.227 e. The average Bonchev–Trinajstić information content (AvgIpc) is 2.64. The highest BCUT2D eigenvalue weighted by Gasteiger charge is 2.50. The number of para-hydroxylation sites is 1. The van der Waals surface area contributed by atoms with Crippen LogP contribution in [-0.4, -0.2) is 18.4 Å². The lowest BCUT2D eigenvalue weighted by Gasteiger charge is -2.56. The van der Waals surface area contributed by atoms with Crippen LogP contribution in [0.3, 0.4) is 0 Å². The van der Waals surface area contributed by atoms with Gasteiger partial charge in [0.2, 0.25) is 11.8 Å². The summed E-state index contributed by atoms with van der Waals surface area (Å²) in [6.45, 7) is 0.856. The molecule has 1 aromatic rings. The van der Waals surface area contributed by atoms with E-state index in [1.54, 1.807) is 0 Å². The van der Waals surface area contributed by atoms with Crippen molar-refractivity contribution in [2.24, 2.45) is 29.1 Å². The quantitative estimate of drug-likeness (QED) is 0.830. The van der Waals surface area contributed by atoms with Gasteiger partial charge in [-0.3, -0.25) is 9.59 Å². The number of carbonyl (C=O) groups is 2. The van der Waals surface area contributed by atoms with Gasteiger partial charge in [0, 0.05) is 24.6 Å². The van der Waals surface area contributed by atoms with Crippen molar-refractivity contribution in [2.75, 3.05) is 11.9 Å². The number of hydrogen-bond acceptors (Lipinski definition) is 2. The molecular formula is C23H30N2O2. The molecule has 144 valence electrons. The Morgan fingerprint density at radius 3 is 2.44 bits per heavy atom. The molecule has 1 aromatic carbocycles. The number of fused-ring (bicyclic) bond motifs is 1. The predicted molar refractivity (Wildman–Crippen MR) is 105 cm³/mol. The summed E-state index contributed by atoms with van der Waals surface area (Å²) in [5, 5.41) is 6.23. The van der Waals surface area contributed by atoms with Gasteiger partial charge >= 0.3 is 0 Å². The van der Waals surface area contributed by atoms with Gasteiger partial charge < -0.3 is 10.6 Å². The fourth-order valence-electron chi connectivity index (χ4n) is 6.83. The van der Waals surface area contributed by atoms with E-state index in [0.717, 1.165) is 36.4 Å². The molecule has 4 heteroatoms. The zero-order chi connectivity index (χ0) is 18.4. The van der Waals surface area contributed by atoms with E-state index in [2.05, 4.69) is 16.7 Å². The summed E-state index contributed by atoms with van der Waals surface area (Å²) in [6.07, 6.45) is 10.1. The number of rotatable bonds is 5. The molecule has 6 rings (SSSR count). The zero-order valence-electron chi connectivity index (χ0n) is 16.0. The fourth-order valence-corrected chi connectivity index (χ4v) is 6.83. The van der Waals surface area contributed by atoms with Crippen molar-refractivity contribution in [1.29, 1.82) is 0 Å². The molecule has 1 heterocycles. The molecule has 4 bridgehead atoms. The summed E-state index contributed by atoms with van der Waals surface area (Å²) in [5.41, 5.74) is 2.48. The van der Waals surface area contributed by atoms with Crippen molar-refractivity contribution >= 4 is 17.5 Å². The highest BCUT2D eigenvalue weighted by molar-refractivity contribution is 5.96. The SMILES string of the molecule is O=C(CCC1Cc2ccccc2NC1=O)NCC12CC3CC(CC(C3)C1)C2. The molecule has 1 aliphatic heterocycles. The van der Waals surface area contributed by atoms with Crippen LogP contribution in [0.2, 0.25) is 0 Å². The summed E-state index contributed by atoms with van der Waals surface area (Å²) in [6, 6.07) is 7.96. The van der Waals surface area contributed by atoms with Crippen LogP contribution in [0.4, 0.5) is 5.69 Å². The minimum absolute atomic E-state index is 0.0579. The third kappa shape index (κ3) is 3.39. The van der Waals surface area contributed by atoms with Crippen LogP contribution < -0.4 is 10.6 Å². The van der Waals surface area contributed by atoms with E-state index in [0.29, 0.717) is 18.3 Å². The molecule has 2 N–H and O–H groups in total. The van der Waals surface area contributed by atoms with Crippen molar-refractivity contribution in [3.05, 3.63) is 29.8 Å². The van der Waals surface area contributed by atoms with Crippen molar-refractivity contribution < 1.29 is 9.59 Å². The third-order valence-corrected chi connectivity index (χ3v) is 7.66. The van der Waals surface area contributed by atoms with E-state index in [1.165, 1.54) is 44.1 Å². The van der Waals surface area contributed by atoms with Crippen molar-refractivity contribution in [2.45, 2.75) is 57.8 Å². The lowest BCUT2D eigenvalue weighted by atomic mass is 9.49. The molecule has 0 radical (unpaired) electrons. The monoisotopic (exact) mass is 366 g/mol. The Hall–Kier alpha value is -1.84. The molecule has 27 heavy (non-hydrogen) atoms. The second-order valence-corrected chi connectivity index (χ2v) is 9.78. The van der Waals surface area contributed by atoms with E-state index in [9.17, 15) is 9.59 Å². The van der Waals surface area contributed by atoms with Crippen LogP contribution in [0, 0.1) is 29.1 Å². The van der Waals surface area contributed by atoms with Crippen molar-refractivity contribution in [3.8, 4) is 0 Å². The molecule has 2 amide bonds. The van der Waals surface area contributed by atoms with E-state index in [1.807, 2.05) is 18.2 Å². The van der Waals surface area contributed by atoms with Crippen LogP contribution in [0.5, 0.6) is 0 Å². The van der Waals surface area contributed by atoms with Gasteiger partial charge in [0.05, 0.1) is 0 Å².